The van der Waals surface area contributed by atoms with Crippen LogP contribution in [0.25, 0.3) is 0 Å². The number of hydrogen-bond acceptors (Lipinski definition) is 2. The quantitative estimate of drug-likeness (QED) is 0.743. The Balaban J connectivity index is 1.42. The maximum Gasteiger partial charge on any atom is 0.224 e. The molecule has 0 spiro atoms. The Kier molecular flexibility index (Phi) is 4.75. The first-order valence-corrected chi connectivity index (χ1v) is 10.7. The van der Waals surface area contributed by atoms with Gasteiger partial charge in [0.2, 0.25) is 5.91 Å². The van der Waals surface area contributed by atoms with Gasteiger partial charge in [0.05, 0.1) is 0 Å². The standard InChI is InChI=1S/C23H34N2O/c1-4-25(5-2)20-6-7-21(16(3)8-20)24-22(26)15-23-12-17-9-18(13-23)11-19(10-17)14-23/h6-8,17-19H,4-5,9-15H2,1-3H3,(H,24,26). The summed E-state index contributed by atoms with van der Waals surface area (Å²) in [6.45, 7) is 8.48. The summed E-state index contributed by atoms with van der Waals surface area (Å²) in [5.74, 6) is 2.95. The topological polar surface area (TPSA) is 32.3 Å². The molecule has 3 heteroatoms. The SMILES string of the molecule is CCN(CC)c1ccc(NC(=O)CC23CC4CC(CC(C4)C2)C3)c(C)c1. The lowest BCUT2D eigenvalue weighted by atomic mass is 9.49. The molecule has 0 heterocycles. The van der Waals surface area contributed by atoms with Crippen LogP contribution in [0.4, 0.5) is 11.4 Å². The number of benzene rings is 1. The summed E-state index contributed by atoms with van der Waals surface area (Å²) in [6, 6.07) is 6.42. The molecule has 4 aliphatic carbocycles. The van der Waals surface area contributed by atoms with Crippen molar-refractivity contribution in [3.63, 3.8) is 0 Å². The Morgan fingerprint density at radius 1 is 1.08 bits per heavy atom. The fourth-order valence-corrected chi connectivity index (χ4v) is 6.62. The van der Waals surface area contributed by atoms with E-state index in [9.17, 15) is 4.79 Å². The van der Waals surface area contributed by atoms with Crippen molar-refractivity contribution in [2.75, 3.05) is 23.3 Å². The van der Waals surface area contributed by atoms with E-state index in [-0.39, 0.29) is 5.91 Å². The van der Waals surface area contributed by atoms with Crippen LogP contribution in [0.15, 0.2) is 18.2 Å². The third kappa shape index (κ3) is 3.37. The van der Waals surface area contributed by atoms with E-state index >= 15 is 0 Å². The predicted octanol–water partition coefficient (Wildman–Crippen LogP) is 5.39. The molecule has 0 aliphatic heterocycles. The number of amides is 1. The van der Waals surface area contributed by atoms with E-state index in [2.05, 4.69) is 49.2 Å². The molecule has 0 aromatic heterocycles. The van der Waals surface area contributed by atoms with E-state index in [1.54, 1.807) is 0 Å². The Morgan fingerprint density at radius 2 is 1.65 bits per heavy atom. The van der Waals surface area contributed by atoms with E-state index in [4.69, 9.17) is 0 Å². The fraction of sp³-hybridized carbons (Fsp3) is 0.696. The molecule has 0 radical (unpaired) electrons. The van der Waals surface area contributed by atoms with Crippen LogP contribution < -0.4 is 10.2 Å². The zero-order valence-corrected chi connectivity index (χ0v) is 16.7. The number of carbonyl (C=O) groups excluding carboxylic acids is 1. The Hall–Kier alpha value is -1.51. The van der Waals surface area contributed by atoms with E-state index in [0.717, 1.165) is 48.5 Å². The molecule has 4 aliphatic rings. The minimum atomic E-state index is 0.227. The molecule has 4 bridgehead atoms. The number of hydrogen-bond donors (Lipinski definition) is 1. The minimum Gasteiger partial charge on any atom is -0.372 e. The summed E-state index contributed by atoms with van der Waals surface area (Å²) < 4.78 is 0. The normalized spacial score (nSPS) is 31.9. The van der Waals surface area contributed by atoms with Gasteiger partial charge >= 0.3 is 0 Å². The van der Waals surface area contributed by atoms with Crippen LogP contribution in [0.2, 0.25) is 0 Å². The Morgan fingerprint density at radius 3 is 2.15 bits per heavy atom. The van der Waals surface area contributed by atoms with Gasteiger partial charge in [0.25, 0.3) is 0 Å². The lowest BCUT2D eigenvalue weighted by molar-refractivity contribution is -0.124. The molecule has 4 fully saturated rings. The molecule has 3 nitrogen and oxygen atoms in total. The second-order valence-electron chi connectivity index (χ2n) is 9.31. The smallest absolute Gasteiger partial charge is 0.224 e. The number of aryl methyl sites for hydroxylation is 1. The van der Waals surface area contributed by atoms with E-state index in [0.29, 0.717) is 5.41 Å². The average molecular weight is 355 g/mol. The highest BCUT2D eigenvalue weighted by Gasteiger charge is 2.51. The van der Waals surface area contributed by atoms with Crippen molar-refractivity contribution in [1.29, 1.82) is 0 Å². The number of nitrogens with zero attached hydrogens (tertiary/aromatic N) is 1. The van der Waals surface area contributed by atoms with Crippen LogP contribution in [0.5, 0.6) is 0 Å². The van der Waals surface area contributed by atoms with Gasteiger partial charge in [-0.1, -0.05) is 0 Å². The van der Waals surface area contributed by atoms with Crippen molar-refractivity contribution in [2.24, 2.45) is 23.2 Å². The van der Waals surface area contributed by atoms with Crippen LogP contribution in [0, 0.1) is 30.1 Å². The molecule has 1 N–H and O–H groups in total. The first-order chi connectivity index (χ1) is 12.5. The summed E-state index contributed by atoms with van der Waals surface area (Å²) >= 11 is 0. The molecule has 4 saturated carbocycles. The van der Waals surface area contributed by atoms with Gasteiger partial charge in [-0.2, -0.15) is 0 Å². The largest absolute Gasteiger partial charge is 0.372 e. The Bertz CT molecular complexity index is 642. The van der Waals surface area contributed by atoms with Crippen molar-refractivity contribution in [3.8, 4) is 0 Å². The van der Waals surface area contributed by atoms with Crippen LogP contribution in [-0.4, -0.2) is 19.0 Å². The third-order valence-corrected chi connectivity index (χ3v) is 7.31. The monoisotopic (exact) mass is 354 g/mol. The molecule has 0 unspecified atom stereocenters. The molecule has 1 aromatic carbocycles. The molecule has 1 aromatic rings. The van der Waals surface area contributed by atoms with Gasteiger partial charge in [-0.3, -0.25) is 4.79 Å². The molecular weight excluding hydrogens is 320 g/mol. The lowest BCUT2D eigenvalue weighted by Crippen LogP contribution is -2.47. The molecule has 1 amide bonds. The first-order valence-electron chi connectivity index (χ1n) is 10.7. The van der Waals surface area contributed by atoms with Crippen LogP contribution in [0.3, 0.4) is 0 Å². The highest BCUT2D eigenvalue weighted by atomic mass is 16.1. The molecular formula is C23H34N2O. The zero-order valence-electron chi connectivity index (χ0n) is 16.7. The molecule has 0 atom stereocenters. The summed E-state index contributed by atoms with van der Waals surface area (Å²) in [4.78, 5) is 15.2. The maximum atomic E-state index is 12.9. The van der Waals surface area contributed by atoms with Crippen molar-refractivity contribution in [2.45, 2.75) is 65.7 Å². The molecule has 5 rings (SSSR count). The van der Waals surface area contributed by atoms with Crippen LogP contribution in [0.1, 0.15) is 64.4 Å². The number of nitrogens with one attached hydrogen (secondary N) is 1. The van der Waals surface area contributed by atoms with Crippen molar-refractivity contribution < 1.29 is 4.79 Å². The Labute approximate surface area is 158 Å². The number of rotatable bonds is 6. The second-order valence-corrected chi connectivity index (χ2v) is 9.31. The van der Waals surface area contributed by atoms with Crippen molar-refractivity contribution >= 4 is 17.3 Å². The summed E-state index contributed by atoms with van der Waals surface area (Å²) in [5, 5.41) is 3.23. The van der Waals surface area contributed by atoms with Gasteiger partial charge in [0.15, 0.2) is 0 Å². The molecule has 26 heavy (non-hydrogen) atoms. The van der Waals surface area contributed by atoms with Gasteiger partial charge in [0, 0.05) is 30.9 Å². The lowest BCUT2D eigenvalue weighted by Gasteiger charge is -2.56. The number of anilines is 2. The van der Waals surface area contributed by atoms with Crippen LogP contribution in [-0.2, 0) is 4.79 Å². The third-order valence-electron chi connectivity index (χ3n) is 7.31. The van der Waals surface area contributed by atoms with Gasteiger partial charge in [-0.15, -0.1) is 0 Å². The maximum absolute atomic E-state index is 12.9. The highest BCUT2D eigenvalue weighted by Crippen LogP contribution is 2.61. The van der Waals surface area contributed by atoms with E-state index in [1.165, 1.54) is 44.2 Å². The summed E-state index contributed by atoms with van der Waals surface area (Å²) in [5.41, 5.74) is 3.70. The highest BCUT2D eigenvalue weighted by molar-refractivity contribution is 5.92. The first kappa shape index (κ1) is 17.9. The van der Waals surface area contributed by atoms with E-state index < -0.39 is 0 Å². The van der Waals surface area contributed by atoms with Gasteiger partial charge in [-0.25, -0.2) is 0 Å². The van der Waals surface area contributed by atoms with Crippen molar-refractivity contribution in [1.82, 2.24) is 0 Å². The van der Waals surface area contributed by atoms with Gasteiger partial charge in [-0.05, 0) is 106 Å². The predicted molar refractivity (Wildman–Crippen MR) is 109 cm³/mol. The van der Waals surface area contributed by atoms with Crippen LogP contribution >= 0.6 is 0 Å². The van der Waals surface area contributed by atoms with Gasteiger partial charge < -0.3 is 10.2 Å². The second kappa shape index (κ2) is 6.90. The molecule has 142 valence electrons. The van der Waals surface area contributed by atoms with Gasteiger partial charge in [0.1, 0.15) is 0 Å². The molecule has 0 saturated heterocycles. The fourth-order valence-electron chi connectivity index (χ4n) is 6.62. The minimum absolute atomic E-state index is 0.227. The van der Waals surface area contributed by atoms with E-state index in [1.807, 2.05) is 0 Å². The zero-order chi connectivity index (χ0) is 18.3. The summed E-state index contributed by atoms with van der Waals surface area (Å²) in [6.07, 6.45) is 8.94. The number of carbonyl (C=O) groups is 1. The average Bonchev–Trinajstić information content (AvgIpc) is 2.56. The summed E-state index contributed by atoms with van der Waals surface area (Å²) in [7, 11) is 0. The van der Waals surface area contributed by atoms with Crippen molar-refractivity contribution in [3.05, 3.63) is 23.8 Å².